The predicted octanol–water partition coefficient (Wildman–Crippen LogP) is 6.25. The van der Waals surface area contributed by atoms with Crippen LogP contribution in [0.25, 0.3) is 11.1 Å². The minimum atomic E-state index is -4.71. The second-order valence-electron chi connectivity index (χ2n) is 8.61. The van der Waals surface area contributed by atoms with E-state index in [2.05, 4.69) is 10.3 Å². The number of carbonyl (C=O) groups is 3. The van der Waals surface area contributed by atoms with Gasteiger partial charge in [0.2, 0.25) is 5.91 Å². The minimum absolute atomic E-state index is 0.224. The molecule has 0 radical (unpaired) electrons. The van der Waals surface area contributed by atoms with Crippen molar-refractivity contribution < 1.29 is 32.7 Å². The molecule has 2 aromatic carbocycles. The molecular weight excluding hydrogens is 475 g/mol. The quantitative estimate of drug-likeness (QED) is 0.264. The number of nitrogens with zero attached hydrogens (tertiary/aromatic N) is 1. The maximum absolute atomic E-state index is 13.3. The fraction of sp³-hybridized carbons (Fsp3) is 0.231. The Balaban J connectivity index is 1.52. The van der Waals surface area contributed by atoms with Crippen molar-refractivity contribution in [3.63, 3.8) is 0 Å². The maximum atomic E-state index is 13.3. The van der Waals surface area contributed by atoms with E-state index in [9.17, 15) is 27.6 Å². The Morgan fingerprint density at radius 2 is 1.69 bits per heavy atom. The molecule has 1 aliphatic rings. The molecule has 4 rings (SSSR count). The lowest BCUT2D eigenvalue weighted by atomic mass is 9.99. The molecule has 1 aromatic heterocycles. The lowest BCUT2D eigenvalue weighted by molar-refractivity contribution is -0.138. The Hall–Kier alpha value is -4.21. The highest BCUT2D eigenvalue weighted by atomic mass is 19.4. The van der Waals surface area contributed by atoms with Gasteiger partial charge in [-0.2, -0.15) is 13.2 Å². The average Bonchev–Trinajstić information content (AvgIpc) is 3.65. The molecule has 0 bridgehead atoms. The monoisotopic (exact) mass is 497 g/mol. The summed E-state index contributed by atoms with van der Waals surface area (Å²) in [6.45, 7) is 1.17. The zero-order chi connectivity index (χ0) is 26.0. The highest BCUT2D eigenvalue weighted by molar-refractivity contribution is 6.12. The van der Waals surface area contributed by atoms with Crippen molar-refractivity contribution >= 4 is 29.2 Å². The minimum Gasteiger partial charge on any atom is -0.465 e. The summed E-state index contributed by atoms with van der Waals surface area (Å²) in [6, 6.07) is 12.1. The first-order valence-electron chi connectivity index (χ1n) is 11.1. The molecule has 0 atom stereocenters. The number of anilines is 2. The van der Waals surface area contributed by atoms with E-state index in [1.807, 2.05) is 23.5 Å². The number of alkyl halides is 3. The number of halogens is 3. The lowest BCUT2D eigenvalue weighted by Gasteiger charge is -2.17. The van der Waals surface area contributed by atoms with E-state index in [-0.39, 0.29) is 16.8 Å². The van der Waals surface area contributed by atoms with Crippen LogP contribution in [0, 0.1) is 6.92 Å². The Morgan fingerprint density at radius 1 is 1.00 bits per heavy atom. The fourth-order valence-corrected chi connectivity index (χ4v) is 3.88. The molecule has 1 aliphatic carbocycles. The number of Topliss-reactive ketones (excluding diaryl/α,β-unsaturated/α-hetero) is 1. The summed E-state index contributed by atoms with van der Waals surface area (Å²) >= 11 is 0. The first-order valence-corrected chi connectivity index (χ1v) is 11.1. The van der Waals surface area contributed by atoms with Crippen LogP contribution in [0.5, 0.6) is 0 Å². The second-order valence-corrected chi connectivity index (χ2v) is 8.61. The van der Waals surface area contributed by atoms with Crippen molar-refractivity contribution in [1.82, 2.24) is 4.98 Å². The van der Waals surface area contributed by atoms with Crippen molar-refractivity contribution in [2.75, 3.05) is 10.6 Å². The van der Waals surface area contributed by atoms with Crippen molar-refractivity contribution in [3.05, 3.63) is 77.1 Å². The number of rotatable bonds is 7. The number of amides is 2. The van der Waals surface area contributed by atoms with Gasteiger partial charge in [0, 0.05) is 23.4 Å². The van der Waals surface area contributed by atoms with Crippen LogP contribution >= 0.6 is 0 Å². The van der Waals surface area contributed by atoms with Crippen molar-refractivity contribution in [3.8, 4) is 11.1 Å². The molecule has 0 aliphatic heterocycles. The van der Waals surface area contributed by atoms with Crippen LogP contribution in [-0.2, 0) is 11.0 Å². The van der Waals surface area contributed by atoms with Crippen molar-refractivity contribution in [1.29, 1.82) is 0 Å². The SMILES string of the molecule is Cc1cc(NC(=O)O)c(NC(=O)CC(=O)c2cccc(-c3ccnc(C4CC4)c3)c2)cc1C(F)(F)F. The van der Waals surface area contributed by atoms with Gasteiger partial charge in [0.1, 0.15) is 0 Å². The number of aryl methyl sites for hydroxylation is 1. The third-order valence-corrected chi connectivity index (χ3v) is 5.80. The van der Waals surface area contributed by atoms with E-state index in [0.717, 1.165) is 35.7 Å². The third-order valence-electron chi connectivity index (χ3n) is 5.80. The number of carboxylic acid groups (broad SMARTS) is 1. The molecule has 1 saturated carbocycles. The molecule has 10 heteroatoms. The Bertz CT molecular complexity index is 1350. The summed E-state index contributed by atoms with van der Waals surface area (Å²) in [7, 11) is 0. The van der Waals surface area contributed by atoms with E-state index in [4.69, 9.17) is 5.11 Å². The molecule has 3 N–H and O–H groups in total. The summed E-state index contributed by atoms with van der Waals surface area (Å²) in [5.41, 5.74) is 1.02. The lowest BCUT2D eigenvalue weighted by Crippen LogP contribution is -2.20. The molecule has 186 valence electrons. The summed E-state index contributed by atoms with van der Waals surface area (Å²) in [5, 5.41) is 13.2. The maximum Gasteiger partial charge on any atom is 0.416 e. The molecule has 0 saturated heterocycles. The van der Waals surface area contributed by atoms with E-state index < -0.39 is 41.6 Å². The van der Waals surface area contributed by atoms with Crippen LogP contribution in [0.15, 0.2) is 54.7 Å². The number of hydrogen-bond acceptors (Lipinski definition) is 4. The van der Waals surface area contributed by atoms with E-state index in [0.29, 0.717) is 12.0 Å². The topological polar surface area (TPSA) is 108 Å². The Kier molecular flexibility index (Phi) is 6.78. The highest BCUT2D eigenvalue weighted by Gasteiger charge is 2.33. The van der Waals surface area contributed by atoms with Gasteiger partial charge in [-0.3, -0.25) is 19.9 Å². The molecular formula is C26H22F3N3O4. The van der Waals surface area contributed by atoms with Gasteiger partial charge in [-0.25, -0.2) is 4.79 Å². The number of carbonyl (C=O) groups excluding carboxylic acids is 2. The average molecular weight is 497 g/mol. The van der Waals surface area contributed by atoms with Gasteiger partial charge in [-0.1, -0.05) is 18.2 Å². The van der Waals surface area contributed by atoms with Gasteiger partial charge in [0.15, 0.2) is 5.78 Å². The van der Waals surface area contributed by atoms with Crippen LogP contribution in [0.4, 0.5) is 29.3 Å². The number of nitrogens with one attached hydrogen (secondary N) is 2. The number of hydrogen-bond donors (Lipinski definition) is 3. The highest BCUT2D eigenvalue weighted by Crippen LogP contribution is 2.40. The normalized spacial score (nSPS) is 13.2. The van der Waals surface area contributed by atoms with Crippen molar-refractivity contribution in [2.24, 2.45) is 0 Å². The first kappa shape index (κ1) is 24.9. The Morgan fingerprint density at radius 3 is 2.36 bits per heavy atom. The molecule has 3 aromatic rings. The molecule has 36 heavy (non-hydrogen) atoms. The summed E-state index contributed by atoms with van der Waals surface area (Å²) in [5.74, 6) is -0.962. The zero-order valence-electron chi connectivity index (χ0n) is 19.1. The van der Waals surface area contributed by atoms with Gasteiger partial charge >= 0.3 is 12.3 Å². The smallest absolute Gasteiger partial charge is 0.416 e. The number of benzene rings is 2. The van der Waals surface area contributed by atoms with Crippen LogP contribution in [0.3, 0.4) is 0 Å². The van der Waals surface area contributed by atoms with E-state index in [1.54, 1.807) is 24.4 Å². The molecule has 1 heterocycles. The molecule has 1 fully saturated rings. The second kappa shape index (κ2) is 9.80. The molecule has 2 amide bonds. The Labute approximate surface area is 204 Å². The van der Waals surface area contributed by atoms with Crippen molar-refractivity contribution in [2.45, 2.75) is 38.3 Å². The van der Waals surface area contributed by atoms with Gasteiger partial charge in [0.05, 0.1) is 23.4 Å². The fourth-order valence-electron chi connectivity index (χ4n) is 3.88. The largest absolute Gasteiger partial charge is 0.465 e. The number of pyridine rings is 1. The molecule has 0 unspecified atom stereocenters. The number of aromatic nitrogens is 1. The molecule has 0 spiro atoms. The van der Waals surface area contributed by atoms with E-state index in [1.165, 1.54) is 6.92 Å². The summed E-state index contributed by atoms with van der Waals surface area (Å²) in [6.07, 6.45) is -2.97. The van der Waals surface area contributed by atoms with Gasteiger partial charge < -0.3 is 10.4 Å². The number of ketones is 1. The third kappa shape index (κ3) is 5.88. The van der Waals surface area contributed by atoms with Crippen LogP contribution < -0.4 is 10.6 Å². The standard InChI is InChI=1S/C26H22F3N3O4/c1-14-9-21(32-25(35)36)22(12-19(14)26(27,28)29)31-24(34)13-23(33)18-4-2-3-16(10-18)17-7-8-30-20(11-17)15-5-6-15/h2-4,7-12,15,32H,5-6,13H2,1H3,(H,31,34)(H,35,36). The predicted molar refractivity (Wildman–Crippen MR) is 127 cm³/mol. The summed E-state index contributed by atoms with van der Waals surface area (Å²) in [4.78, 5) is 40.8. The van der Waals surface area contributed by atoms with Crippen LogP contribution in [0.2, 0.25) is 0 Å². The van der Waals surface area contributed by atoms with Gasteiger partial charge in [-0.15, -0.1) is 0 Å². The van der Waals surface area contributed by atoms with Crippen LogP contribution in [0.1, 0.15) is 52.4 Å². The van der Waals surface area contributed by atoms with Crippen LogP contribution in [-0.4, -0.2) is 27.9 Å². The molecule has 7 nitrogen and oxygen atoms in total. The zero-order valence-corrected chi connectivity index (χ0v) is 19.1. The summed E-state index contributed by atoms with van der Waals surface area (Å²) < 4.78 is 40.0. The van der Waals surface area contributed by atoms with Gasteiger partial charge in [0.25, 0.3) is 0 Å². The first-order chi connectivity index (χ1) is 17.0. The van der Waals surface area contributed by atoms with Gasteiger partial charge in [-0.05, 0) is 66.8 Å². The van der Waals surface area contributed by atoms with E-state index >= 15 is 0 Å².